The highest BCUT2D eigenvalue weighted by molar-refractivity contribution is 6.30. The molecule has 2 rings (SSSR count). The van der Waals surface area contributed by atoms with E-state index in [1.165, 1.54) is 11.1 Å². The molecule has 0 fully saturated rings. The number of hydrogen-bond acceptors (Lipinski definition) is 2. The minimum absolute atomic E-state index is 0.271. The van der Waals surface area contributed by atoms with Gasteiger partial charge in [0.1, 0.15) is 0 Å². The lowest BCUT2D eigenvalue weighted by molar-refractivity contribution is 0.519. The first kappa shape index (κ1) is 12.1. The molecule has 0 spiro atoms. The van der Waals surface area contributed by atoms with Crippen LogP contribution < -0.4 is 5.73 Å². The number of halogens is 1. The zero-order valence-corrected chi connectivity index (χ0v) is 10.6. The number of rotatable bonds is 4. The molecule has 4 heteroatoms. The molecule has 1 unspecified atom stereocenters. The highest BCUT2D eigenvalue weighted by Gasteiger charge is 2.13. The van der Waals surface area contributed by atoms with Crippen molar-refractivity contribution in [3.63, 3.8) is 0 Å². The van der Waals surface area contributed by atoms with Gasteiger partial charge in [0, 0.05) is 25.2 Å². The molecule has 1 heterocycles. The molecule has 3 nitrogen and oxygen atoms in total. The van der Waals surface area contributed by atoms with Crippen molar-refractivity contribution < 1.29 is 0 Å². The fraction of sp³-hybridized carbons (Fsp3) is 0.308. The monoisotopic (exact) mass is 249 g/mol. The van der Waals surface area contributed by atoms with Crippen LogP contribution >= 0.6 is 11.6 Å². The van der Waals surface area contributed by atoms with Crippen molar-refractivity contribution in [2.24, 2.45) is 5.73 Å². The number of hydrogen-bond donors (Lipinski definition) is 1. The number of nitrogens with zero attached hydrogens (tertiary/aromatic N) is 2. The van der Waals surface area contributed by atoms with Crippen molar-refractivity contribution in [3.8, 4) is 0 Å². The second-order valence-electron chi connectivity index (χ2n) is 4.17. The fourth-order valence-corrected chi connectivity index (χ4v) is 2.16. The Kier molecular flexibility index (Phi) is 3.82. The van der Waals surface area contributed by atoms with Gasteiger partial charge >= 0.3 is 0 Å². The Morgan fingerprint density at radius 2 is 2.18 bits per heavy atom. The van der Waals surface area contributed by atoms with Crippen molar-refractivity contribution in [1.82, 2.24) is 9.78 Å². The Balaban J connectivity index is 2.20. The summed E-state index contributed by atoms with van der Waals surface area (Å²) in [6, 6.07) is 8.31. The molecule has 0 radical (unpaired) electrons. The maximum Gasteiger partial charge on any atom is 0.0785 e. The van der Waals surface area contributed by atoms with Gasteiger partial charge in [-0.1, -0.05) is 35.9 Å². The highest BCUT2D eigenvalue weighted by Crippen LogP contribution is 2.20. The zero-order valence-electron chi connectivity index (χ0n) is 9.81. The molecule has 0 amide bonds. The first-order valence-electron chi connectivity index (χ1n) is 5.64. The molecule has 2 aromatic rings. The molecule has 1 aromatic heterocycles. The van der Waals surface area contributed by atoms with Gasteiger partial charge in [-0.15, -0.1) is 0 Å². The van der Waals surface area contributed by atoms with E-state index >= 15 is 0 Å². The van der Waals surface area contributed by atoms with Gasteiger partial charge in [0.15, 0.2) is 0 Å². The average Bonchev–Trinajstić information content (AvgIpc) is 2.73. The van der Waals surface area contributed by atoms with Gasteiger partial charge in [-0.2, -0.15) is 5.10 Å². The summed E-state index contributed by atoms with van der Waals surface area (Å²) < 4.78 is 1.84. The lowest BCUT2D eigenvalue weighted by Crippen LogP contribution is -2.19. The van der Waals surface area contributed by atoms with Crippen LogP contribution in [0.3, 0.4) is 0 Å². The summed E-state index contributed by atoms with van der Waals surface area (Å²) in [6.45, 7) is 3.46. The van der Waals surface area contributed by atoms with Crippen LogP contribution in [0, 0.1) is 6.92 Å². The molecule has 0 aliphatic heterocycles. The minimum Gasteiger partial charge on any atom is -0.330 e. The van der Waals surface area contributed by atoms with Crippen molar-refractivity contribution in [1.29, 1.82) is 0 Å². The SMILES string of the molecule is Cc1ccccc1C(CN)Cn1cc(Cl)cn1. The van der Waals surface area contributed by atoms with Crippen LogP contribution in [0.25, 0.3) is 0 Å². The lowest BCUT2D eigenvalue weighted by atomic mass is 9.95. The molecule has 1 aromatic carbocycles. The Bertz CT molecular complexity index is 493. The van der Waals surface area contributed by atoms with Gasteiger partial charge in [-0.05, 0) is 18.1 Å². The molecule has 0 saturated heterocycles. The zero-order chi connectivity index (χ0) is 12.3. The molecule has 1 atom stereocenters. The second-order valence-corrected chi connectivity index (χ2v) is 4.61. The summed E-state index contributed by atoms with van der Waals surface area (Å²) in [5, 5.41) is 4.85. The Morgan fingerprint density at radius 3 is 2.76 bits per heavy atom. The Labute approximate surface area is 106 Å². The van der Waals surface area contributed by atoms with Gasteiger partial charge < -0.3 is 5.73 Å². The van der Waals surface area contributed by atoms with Crippen LogP contribution in [0.1, 0.15) is 17.0 Å². The topological polar surface area (TPSA) is 43.8 Å². The smallest absolute Gasteiger partial charge is 0.0785 e. The van der Waals surface area contributed by atoms with Crippen molar-refractivity contribution >= 4 is 11.6 Å². The van der Waals surface area contributed by atoms with Crippen molar-refractivity contribution in [2.75, 3.05) is 6.54 Å². The quantitative estimate of drug-likeness (QED) is 0.905. The van der Waals surface area contributed by atoms with Gasteiger partial charge in [-0.3, -0.25) is 4.68 Å². The summed E-state index contributed by atoms with van der Waals surface area (Å²) in [5.74, 6) is 0.271. The van der Waals surface area contributed by atoms with E-state index in [4.69, 9.17) is 17.3 Å². The number of aromatic nitrogens is 2. The Hall–Kier alpha value is -1.32. The second kappa shape index (κ2) is 5.34. The van der Waals surface area contributed by atoms with Crippen molar-refractivity contribution in [2.45, 2.75) is 19.4 Å². The summed E-state index contributed by atoms with van der Waals surface area (Å²) in [5.41, 5.74) is 8.40. The molecule has 90 valence electrons. The number of aryl methyl sites for hydroxylation is 1. The molecular formula is C13H16ClN3. The molecular weight excluding hydrogens is 234 g/mol. The van der Waals surface area contributed by atoms with Crippen LogP contribution in [-0.2, 0) is 6.54 Å². The molecule has 0 saturated carbocycles. The summed E-state index contributed by atoms with van der Waals surface area (Å²) >= 11 is 5.85. The summed E-state index contributed by atoms with van der Waals surface area (Å²) in [6.07, 6.45) is 3.47. The van der Waals surface area contributed by atoms with Crippen molar-refractivity contribution in [3.05, 3.63) is 52.8 Å². The first-order valence-corrected chi connectivity index (χ1v) is 6.02. The third-order valence-electron chi connectivity index (χ3n) is 2.92. The molecule has 0 aliphatic rings. The summed E-state index contributed by atoms with van der Waals surface area (Å²) in [7, 11) is 0. The van der Waals surface area contributed by atoms with Crippen LogP contribution in [0.15, 0.2) is 36.7 Å². The van der Waals surface area contributed by atoms with Crippen LogP contribution in [-0.4, -0.2) is 16.3 Å². The van der Waals surface area contributed by atoms with E-state index in [1.54, 1.807) is 6.20 Å². The Morgan fingerprint density at radius 1 is 1.41 bits per heavy atom. The van der Waals surface area contributed by atoms with E-state index in [1.807, 2.05) is 23.0 Å². The van der Waals surface area contributed by atoms with E-state index in [0.29, 0.717) is 11.6 Å². The predicted molar refractivity (Wildman–Crippen MR) is 70.2 cm³/mol. The first-order chi connectivity index (χ1) is 8.20. The standard InChI is InChI=1S/C13H16ClN3/c1-10-4-2-3-5-13(10)11(6-15)8-17-9-12(14)7-16-17/h2-5,7,9,11H,6,8,15H2,1H3. The molecule has 0 aliphatic carbocycles. The van der Waals surface area contributed by atoms with E-state index in [0.717, 1.165) is 6.54 Å². The maximum absolute atomic E-state index is 5.85. The normalized spacial score (nSPS) is 12.6. The van der Waals surface area contributed by atoms with Crippen LogP contribution in [0.5, 0.6) is 0 Å². The van der Waals surface area contributed by atoms with E-state index in [-0.39, 0.29) is 5.92 Å². The minimum atomic E-state index is 0.271. The average molecular weight is 250 g/mol. The fourth-order valence-electron chi connectivity index (χ4n) is 2.01. The van der Waals surface area contributed by atoms with Crippen LogP contribution in [0.2, 0.25) is 5.02 Å². The van der Waals surface area contributed by atoms with Gasteiger partial charge in [0.25, 0.3) is 0 Å². The maximum atomic E-state index is 5.85. The van der Waals surface area contributed by atoms with Crippen LogP contribution in [0.4, 0.5) is 0 Å². The molecule has 0 bridgehead atoms. The predicted octanol–water partition coefficient (Wildman–Crippen LogP) is 2.59. The third kappa shape index (κ3) is 2.87. The van der Waals surface area contributed by atoms with Gasteiger partial charge in [0.05, 0.1) is 11.2 Å². The van der Waals surface area contributed by atoms with Gasteiger partial charge in [0.2, 0.25) is 0 Å². The molecule has 2 N–H and O–H groups in total. The van der Waals surface area contributed by atoms with E-state index < -0.39 is 0 Å². The summed E-state index contributed by atoms with van der Waals surface area (Å²) in [4.78, 5) is 0. The van der Waals surface area contributed by atoms with E-state index in [9.17, 15) is 0 Å². The lowest BCUT2D eigenvalue weighted by Gasteiger charge is -2.17. The largest absolute Gasteiger partial charge is 0.330 e. The highest BCUT2D eigenvalue weighted by atomic mass is 35.5. The number of benzene rings is 1. The third-order valence-corrected chi connectivity index (χ3v) is 3.12. The molecule has 17 heavy (non-hydrogen) atoms. The van der Waals surface area contributed by atoms with Gasteiger partial charge in [-0.25, -0.2) is 0 Å². The van der Waals surface area contributed by atoms with E-state index in [2.05, 4.69) is 24.2 Å². The number of nitrogens with two attached hydrogens (primary N) is 1.